The Balaban J connectivity index is 1.80. The van der Waals surface area contributed by atoms with Gasteiger partial charge in [0.1, 0.15) is 0 Å². The number of hydrogen-bond donors (Lipinski definition) is 1. The van der Waals surface area contributed by atoms with Crippen molar-refractivity contribution < 1.29 is 0 Å². The molecular formula is C14H26N4. The second kappa shape index (κ2) is 6.34. The molecule has 4 nitrogen and oxygen atoms in total. The van der Waals surface area contributed by atoms with Crippen molar-refractivity contribution in [2.24, 2.45) is 13.0 Å². The number of likely N-dealkylation sites (tertiary alicyclic amines) is 1. The average molecular weight is 250 g/mol. The second-order valence-corrected chi connectivity index (χ2v) is 5.54. The molecule has 0 aromatic carbocycles. The van der Waals surface area contributed by atoms with Gasteiger partial charge in [0.25, 0.3) is 0 Å². The van der Waals surface area contributed by atoms with Crippen LogP contribution in [0.1, 0.15) is 32.4 Å². The molecule has 0 radical (unpaired) electrons. The van der Waals surface area contributed by atoms with Crippen LogP contribution in [0.5, 0.6) is 0 Å². The van der Waals surface area contributed by atoms with Crippen molar-refractivity contribution in [3.8, 4) is 0 Å². The number of aryl methyl sites for hydroxylation is 1. The zero-order chi connectivity index (χ0) is 13.0. The summed E-state index contributed by atoms with van der Waals surface area (Å²) in [6.07, 6.45) is 4.50. The van der Waals surface area contributed by atoms with E-state index in [0.717, 1.165) is 19.0 Å². The Morgan fingerprint density at radius 2 is 2.33 bits per heavy atom. The lowest BCUT2D eigenvalue weighted by Crippen LogP contribution is -2.48. The van der Waals surface area contributed by atoms with E-state index in [1.54, 1.807) is 0 Å². The predicted molar refractivity (Wildman–Crippen MR) is 74.3 cm³/mol. The summed E-state index contributed by atoms with van der Waals surface area (Å²) in [6, 6.07) is 2.82. The molecule has 2 rings (SSSR count). The summed E-state index contributed by atoms with van der Waals surface area (Å²) in [5.74, 6) is 0.731. The molecule has 0 aliphatic carbocycles. The van der Waals surface area contributed by atoms with Gasteiger partial charge >= 0.3 is 0 Å². The highest BCUT2D eigenvalue weighted by molar-refractivity contribution is 4.99. The lowest BCUT2D eigenvalue weighted by Gasteiger charge is -2.37. The van der Waals surface area contributed by atoms with E-state index in [2.05, 4.69) is 35.2 Å². The zero-order valence-corrected chi connectivity index (χ0v) is 11.9. The van der Waals surface area contributed by atoms with Crippen LogP contribution >= 0.6 is 0 Å². The van der Waals surface area contributed by atoms with Crippen molar-refractivity contribution in [1.29, 1.82) is 0 Å². The summed E-state index contributed by atoms with van der Waals surface area (Å²) in [6.45, 7) is 9.09. The van der Waals surface area contributed by atoms with Crippen LogP contribution in [0, 0.1) is 5.92 Å². The van der Waals surface area contributed by atoms with Crippen molar-refractivity contribution in [3.05, 3.63) is 18.0 Å². The quantitative estimate of drug-likeness (QED) is 0.862. The molecule has 1 N–H and O–H groups in total. The molecule has 1 aliphatic rings. The number of hydrogen-bond acceptors (Lipinski definition) is 3. The Kier molecular flexibility index (Phi) is 4.78. The smallest absolute Gasteiger partial charge is 0.0764 e. The van der Waals surface area contributed by atoms with Crippen LogP contribution in [-0.4, -0.2) is 40.4 Å². The third kappa shape index (κ3) is 3.56. The van der Waals surface area contributed by atoms with Gasteiger partial charge in [-0.1, -0.05) is 13.8 Å². The minimum absolute atomic E-state index is 0.699. The first-order valence-corrected chi connectivity index (χ1v) is 7.13. The third-order valence-electron chi connectivity index (χ3n) is 3.80. The molecular weight excluding hydrogens is 224 g/mol. The molecule has 1 aromatic heterocycles. The molecule has 4 heteroatoms. The summed E-state index contributed by atoms with van der Waals surface area (Å²) in [7, 11) is 1.98. The molecule has 2 heterocycles. The third-order valence-corrected chi connectivity index (χ3v) is 3.80. The Hall–Kier alpha value is -0.870. The fourth-order valence-corrected chi connectivity index (χ4v) is 2.79. The van der Waals surface area contributed by atoms with Gasteiger partial charge in [-0.3, -0.25) is 9.58 Å². The summed E-state index contributed by atoms with van der Waals surface area (Å²) >= 11 is 0. The SMILES string of the molecule is CCCNC1CCN(Cc2ccn(C)n2)CC1C. The van der Waals surface area contributed by atoms with Gasteiger partial charge in [-0.15, -0.1) is 0 Å². The zero-order valence-electron chi connectivity index (χ0n) is 11.9. The van der Waals surface area contributed by atoms with Gasteiger partial charge < -0.3 is 5.32 Å². The van der Waals surface area contributed by atoms with Crippen LogP contribution in [-0.2, 0) is 13.6 Å². The van der Waals surface area contributed by atoms with Crippen molar-refractivity contribution >= 4 is 0 Å². The second-order valence-electron chi connectivity index (χ2n) is 5.54. The molecule has 102 valence electrons. The molecule has 1 aromatic rings. The van der Waals surface area contributed by atoms with Gasteiger partial charge in [-0.2, -0.15) is 5.10 Å². The van der Waals surface area contributed by atoms with E-state index in [1.807, 2.05) is 17.9 Å². The van der Waals surface area contributed by atoms with Crippen molar-refractivity contribution in [2.45, 2.75) is 39.3 Å². The Morgan fingerprint density at radius 3 is 2.94 bits per heavy atom. The number of nitrogens with zero attached hydrogens (tertiary/aromatic N) is 3. The first-order chi connectivity index (χ1) is 8.69. The number of aromatic nitrogens is 2. The lowest BCUT2D eigenvalue weighted by molar-refractivity contribution is 0.139. The number of piperidine rings is 1. The molecule has 1 fully saturated rings. The van der Waals surface area contributed by atoms with Crippen molar-refractivity contribution in [1.82, 2.24) is 20.0 Å². The molecule has 2 atom stereocenters. The Bertz CT molecular complexity index is 360. The monoisotopic (exact) mass is 250 g/mol. The normalized spacial score (nSPS) is 25.5. The van der Waals surface area contributed by atoms with E-state index >= 15 is 0 Å². The summed E-state index contributed by atoms with van der Waals surface area (Å²) in [5.41, 5.74) is 1.18. The van der Waals surface area contributed by atoms with E-state index in [4.69, 9.17) is 0 Å². The van der Waals surface area contributed by atoms with Crippen LogP contribution < -0.4 is 5.32 Å². The molecule has 18 heavy (non-hydrogen) atoms. The van der Waals surface area contributed by atoms with Crippen LogP contribution in [0.3, 0.4) is 0 Å². The molecule has 0 amide bonds. The highest BCUT2D eigenvalue weighted by Gasteiger charge is 2.25. The average Bonchev–Trinajstić information content (AvgIpc) is 2.74. The van der Waals surface area contributed by atoms with Crippen LogP contribution in [0.2, 0.25) is 0 Å². The minimum Gasteiger partial charge on any atom is -0.314 e. The summed E-state index contributed by atoms with van der Waals surface area (Å²) in [4.78, 5) is 2.52. The maximum absolute atomic E-state index is 4.46. The van der Waals surface area contributed by atoms with Crippen LogP contribution in [0.25, 0.3) is 0 Å². The maximum Gasteiger partial charge on any atom is 0.0764 e. The van der Waals surface area contributed by atoms with E-state index < -0.39 is 0 Å². The fourth-order valence-electron chi connectivity index (χ4n) is 2.79. The minimum atomic E-state index is 0.699. The van der Waals surface area contributed by atoms with Gasteiger partial charge in [-0.25, -0.2) is 0 Å². The molecule has 0 spiro atoms. The van der Waals surface area contributed by atoms with E-state index in [0.29, 0.717) is 6.04 Å². The Labute approximate surface area is 110 Å². The molecule has 0 bridgehead atoms. The van der Waals surface area contributed by atoms with Gasteiger partial charge in [0.2, 0.25) is 0 Å². The first kappa shape index (κ1) is 13.6. The lowest BCUT2D eigenvalue weighted by atomic mass is 9.93. The Morgan fingerprint density at radius 1 is 1.50 bits per heavy atom. The van der Waals surface area contributed by atoms with Crippen molar-refractivity contribution in [2.75, 3.05) is 19.6 Å². The number of nitrogens with one attached hydrogen (secondary N) is 1. The number of rotatable bonds is 5. The highest BCUT2D eigenvalue weighted by Crippen LogP contribution is 2.18. The molecule has 0 saturated carbocycles. The van der Waals surface area contributed by atoms with E-state index in [-0.39, 0.29) is 0 Å². The fraction of sp³-hybridized carbons (Fsp3) is 0.786. The molecule has 1 saturated heterocycles. The van der Waals surface area contributed by atoms with Gasteiger partial charge in [0.15, 0.2) is 0 Å². The summed E-state index contributed by atoms with van der Waals surface area (Å²) in [5, 5.41) is 8.12. The maximum atomic E-state index is 4.46. The van der Waals surface area contributed by atoms with Crippen LogP contribution in [0.15, 0.2) is 12.3 Å². The van der Waals surface area contributed by atoms with E-state index in [1.165, 1.54) is 31.6 Å². The largest absolute Gasteiger partial charge is 0.314 e. The predicted octanol–water partition coefficient (Wildman–Crippen LogP) is 1.63. The molecule has 1 aliphatic heterocycles. The van der Waals surface area contributed by atoms with Gasteiger partial charge in [0, 0.05) is 38.9 Å². The van der Waals surface area contributed by atoms with E-state index in [9.17, 15) is 0 Å². The first-order valence-electron chi connectivity index (χ1n) is 7.13. The highest BCUT2D eigenvalue weighted by atomic mass is 15.3. The topological polar surface area (TPSA) is 33.1 Å². The van der Waals surface area contributed by atoms with Crippen LogP contribution in [0.4, 0.5) is 0 Å². The van der Waals surface area contributed by atoms with Crippen molar-refractivity contribution in [3.63, 3.8) is 0 Å². The standard InChI is InChI=1S/C14H26N4/c1-4-7-15-14-6-9-18(10-12(14)2)11-13-5-8-17(3)16-13/h5,8,12,14-15H,4,6-7,9-11H2,1-3H3. The van der Waals surface area contributed by atoms with Gasteiger partial charge in [-0.05, 0) is 31.4 Å². The van der Waals surface area contributed by atoms with Gasteiger partial charge in [0.05, 0.1) is 5.69 Å². The molecule has 2 unspecified atom stereocenters. The summed E-state index contributed by atoms with van der Waals surface area (Å²) < 4.78 is 1.88.